The van der Waals surface area contributed by atoms with Gasteiger partial charge in [-0.2, -0.15) is 0 Å². The van der Waals surface area contributed by atoms with Crippen LogP contribution in [0.3, 0.4) is 0 Å². The van der Waals surface area contributed by atoms with E-state index in [1.54, 1.807) is 0 Å². The first-order valence-electron chi connectivity index (χ1n) is 7.50. The quantitative estimate of drug-likeness (QED) is 0.854. The molecule has 0 saturated heterocycles. The number of hydrogen-bond donors (Lipinski definition) is 1. The summed E-state index contributed by atoms with van der Waals surface area (Å²) in [5.74, 6) is 2.31. The molecule has 0 saturated carbocycles. The van der Waals surface area contributed by atoms with Crippen LogP contribution in [0.4, 0.5) is 0 Å². The Morgan fingerprint density at radius 3 is 2.59 bits per heavy atom. The molecule has 0 fully saturated rings. The van der Waals surface area contributed by atoms with Crippen LogP contribution in [0, 0.1) is 13.8 Å². The van der Waals surface area contributed by atoms with Gasteiger partial charge in [0.2, 0.25) is 5.91 Å². The Balaban J connectivity index is 1.76. The van der Waals surface area contributed by atoms with Crippen LogP contribution in [0.1, 0.15) is 29.8 Å². The molecule has 1 amide bonds. The predicted molar refractivity (Wildman–Crippen MR) is 84.0 cm³/mol. The molecule has 0 bridgehead atoms. The van der Waals surface area contributed by atoms with Gasteiger partial charge in [-0.15, -0.1) is 0 Å². The van der Waals surface area contributed by atoms with Crippen molar-refractivity contribution in [2.45, 2.75) is 33.6 Å². The molecule has 118 valence electrons. The molecular formula is C17H22N2O3. The molecule has 5 nitrogen and oxygen atoms in total. The Morgan fingerprint density at radius 2 is 2.00 bits per heavy atom. The SMILES string of the molecule is CCOc1ccc(CC(=O)NCCc2oc(C)nc2C)cc1. The van der Waals surface area contributed by atoms with Crippen molar-refractivity contribution in [1.29, 1.82) is 0 Å². The summed E-state index contributed by atoms with van der Waals surface area (Å²) in [4.78, 5) is 16.1. The van der Waals surface area contributed by atoms with Gasteiger partial charge in [0.05, 0.1) is 18.7 Å². The maximum absolute atomic E-state index is 11.9. The number of carbonyl (C=O) groups excluding carboxylic acids is 1. The molecule has 1 aromatic heterocycles. The van der Waals surface area contributed by atoms with Gasteiger partial charge in [-0.3, -0.25) is 4.79 Å². The normalized spacial score (nSPS) is 10.5. The molecule has 2 rings (SSSR count). The van der Waals surface area contributed by atoms with Gasteiger partial charge < -0.3 is 14.5 Å². The Hall–Kier alpha value is -2.30. The molecule has 22 heavy (non-hydrogen) atoms. The number of benzene rings is 1. The first-order chi connectivity index (χ1) is 10.6. The van der Waals surface area contributed by atoms with E-state index in [4.69, 9.17) is 9.15 Å². The van der Waals surface area contributed by atoms with E-state index in [0.29, 0.717) is 31.9 Å². The molecule has 0 radical (unpaired) electrons. The van der Waals surface area contributed by atoms with Crippen molar-refractivity contribution in [1.82, 2.24) is 10.3 Å². The average Bonchev–Trinajstić information content (AvgIpc) is 2.79. The fraction of sp³-hybridized carbons (Fsp3) is 0.412. The van der Waals surface area contributed by atoms with Gasteiger partial charge >= 0.3 is 0 Å². The topological polar surface area (TPSA) is 64.4 Å². The van der Waals surface area contributed by atoms with Crippen LogP contribution < -0.4 is 10.1 Å². The van der Waals surface area contributed by atoms with Crippen molar-refractivity contribution < 1.29 is 13.9 Å². The summed E-state index contributed by atoms with van der Waals surface area (Å²) in [7, 11) is 0. The predicted octanol–water partition coefficient (Wildman–Crippen LogP) is 2.59. The Kier molecular flexibility index (Phi) is 5.58. The van der Waals surface area contributed by atoms with E-state index in [1.807, 2.05) is 45.0 Å². The minimum absolute atomic E-state index is 0.00181. The van der Waals surface area contributed by atoms with E-state index in [-0.39, 0.29) is 5.91 Å². The third-order valence-corrected chi connectivity index (χ3v) is 3.27. The molecule has 2 aromatic rings. The lowest BCUT2D eigenvalue weighted by Crippen LogP contribution is -2.27. The zero-order chi connectivity index (χ0) is 15.9. The number of aryl methyl sites for hydroxylation is 2. The van der Waals surface area contributed by atoms with Crippen LogP contribution in [0.5, 0.6) is 5.75 Å². The number of ether oxygens (including phenoxy) is 1. The lowest BCUT2D eigenvalue weighted by Gasteiger charge is -2.06. The van der Waals surface area contributed by atoms with E-state index in [2.05, 4.69) is 10.3 Å². The number of aromatic nitrogens is 1. The molecule has 1 aromatic carbocycles. The number of rotatable bonds is 7. The van der Waals surface area contributed by atoms with Gasteiger partial charge in [0.15, 0.2) is 5.89 Å². The van der Waals surface area contributed by atoms with E-state index in [9.17, 15) is 4.79 Å². The second-order valence-electron chi connectivity index (χ2n) is 5.10. The summed E-state index contributed by atoms with van der Waals surface area (Å²) >= 11 is 0. The number of oxazole rings is 1. The highest BCUT2D eigenvalue weighted by molar-refractivity contribution is 5.78. The van der Waals surface area contributed by atoms with Crippen LogP contribution in [-0.2, 0) is 17.6 Å². The summed E-state index contributed by atoms with van der Waals surface area (Å²) in [6, 6.07) is 7.59. The van der Waals surface area contributed by atoms with Crippen LogP contribution in [0.2, 0.25) is 0 Å². The Labute approximate surface area is 130 Å². The first-order valence-corrected chi connectivity index (χ1v) is 7.50. The molecule has 0 aliphatic heterocycles. The van der Waals surface area contributed by atoms with E-state index in [0.717, 1.165) is 22.8 Å². The second-order valence-corrected chi connectivity index (χ2v) is 5.10. The van der Waals surface area contributed by atoms with Gasteiger partial charge in [0.25, 0.3) is 0 Å². The first kappa shape index (κ1) is 16.1. The number of carbonyl (C=O) groups is 1. The zero-order valence-electron chi connectivity index (χ0n) is 13.3. The Morgan fingerprint density at radius 1 is 1.27 bits per heavy atom. The minimum atomic E-state index is -0.00181. The number of nitrogens with one attached hydrogen (secondary N) is 1. The smallest absolute Gasteiger partial charge is 0.224 e. The van der Waals surface area contributed by atoms with Crippen LogP contribution in [0.15, 0.2) is 28.7 Å². The summed E-state index contributed by atoms with van der Waals surface area (Å²) in [6.45, 7) is 6.86. The lowest BCUT2D eigenvalue weighted by molar-refractivity contribution is -0.120. The maximum atomic E-state index is 11.9. The zero-order valence-corrected chi connectivity index (χ0v) is 13.3. The summed E-state index contributed by atoms with van der Waals surface area (Å²) in [6.07, 6.45) is 1.02. The minimum Gasteiger partial charge on any atom is -0.494 e. The van der Waals surface area contributed by atoms with Crippen molar-refractivity contribution in [2.75, 3.05) is 13.2 Å². The van der Waals surface area contributed by atoms with Gasteiger partial charge in [-0.05, 0) is 31.5 Å². The molecule has 1 N–H and O–H groups in total. The van der Waals surface area contributed by atoms with E-state index in [1.165, 1.54) is 0 Å². The van der Waals surface area contributed by atoms with Crippen LogP contribution in [-0.4, -0.2) is 24.0 Å². The molecule has 1 heterocycles. The Bertz CT molecular complexity index is 617. The molecule has 0 unspecified atom stereocenters. The summed E-state index contributed by atoms with van der Waals surface area (Å²) in [5, 5.41) is 2.90. The van der Waals surface area contributed by atoms with E-state index < -0.39 is 0 Å². The highest BCUT2D eigenvalue weighted by Crippen LogP contribution is 2.12. The van der Waals surface area contributed by atoms with Gasteiger partial charge in [-0.25, -0.2) is 4.98 Å². The van der Waals surface area contributed by atoms with Gasteiger partial charge in [0, 0.05) is 19.9 Å². The monoisotopic (exact) mass is 302 g/mol. The average molecular weight is 302 g/mol. The molecule has 0 aliphatic rings. The number of amides is 1. The van der Waals surface area contributed by atoms with Crippen molar-refractivity contribution in [3.63, 3.8) is 0 Å². The second kappa shape index (κ2) is 7.64. The third-order valence-electron chi connectivity index (χ3n) is 3.27. The molecule has 5 heteroatoms. The highest BCUT2D eigenvalue weighted by Gasteiger charge is 2.08. The van der Waals surface area contributed by atoms with Gasteiger partial charge in [-0.1, -0.05) is 12.1 Å². The standard InChI is InChI=1S/C17H22N2O3/c1-4-21-15-7-5-14(6-8-15)11-17(20)18-10-9-16-12(2)19-13(3)22-16/h5-8H,4,9-11H2,1-3H3,(H,18,20). The molecule has 0 aliphatic carbocycles. The molecule has 0 atom stereocenters. The third kappa shape index (κ3) is 4.62. The van der Waals surface area contributed by atoms with Crippen molar-refractivity contribution in [2.24, 2.45) is 0 Å². The molecule has 0 spiro atoms. The van der Waals surface area contributed by atoms with Crippen molar-refractivity contribution in [3.8, 4) is 5.75 Å². The van der Waals surface area contributed by atoms with Crippen molar-refractivity contribution >= 4 is 5.91 Å². The van der Waals surface area contributed by atoms with E-state index >= 15 is 0 Å². The number of nitrogens with zero attached hydrogens (tertiary/aromatic N) is 1. The molecular weight excluding hydrogens is 280 g/mol. The lowest BCUT2D eigenvalue weighted by atomic mass is 10.1. The maximum Gasteiger partial charge on any atom is 0.224 e. The van der Waals surface area contributed by atoms with Crippen LogP contribution >= 0.6 is 0 Å². The fourth-order valence-electron chi connectivity index (χ4n) is 2.24. The summed E-state index contributed by atoms with van der Waals surface area (Å²) < 4.78 is 10.9. The number of hydrogen-bond acceptors (Lipinski definition) is 4. The van der Waals surface area contributed by atoms with Crippen molar-refractivity contribution in [3.05, 3.63) is 47.2 Å². The fourth-order valence-corrected chi connectivity index (χ4v) is 2.24. The highest BCUT2D eigenvalue weighted by atomic mass is 16.5. The van der Waals surface area contributed by atoms with Crippen LogP contribution in [0.25, 0.3) is 0 Å². The largest absolute Gasteiger partial charge is 0.494 e. The summed E-state index contributed by atoms with van der Waals surface area (Å²) in [5.41, 5.74) is 1.85. The van der Waals surface area contributed by atoms with Gasteiger partial charge in [0.1, 0.15) is 11.5 Å².